The van der Waals surface area contributed by atoms with Crippen LogP contribution in [0, 0.1) is 22.7 Å². The molecular weight excluding hydrogens is 881 g/mol. The van der Waals surface area contributed by atoms with E-state index in [1.807, 2.05) is 51.3 Å². The molecule has 402 valence electrons. The fraction of sp³-hybridized carbons (Fsp3) is 0.893. The summed E-state index contributed by atoms with van der Waals surface area (Å²) >= 11 is 0. The Morgan fingerprint density at radius 3 is 1.17 bits per heavy atom. The Hall–Kier alpha value is -3.26. The van der Waals surface area contributed by atoms with Crippen molar-refractivity contribution < 1.29 is 28.8 Å². The molecule has 4 fully saturated rings. The molecule has 2 aliphatic heterocycles. The van der Waals surface area contributed by atoms with Crippen molar-refractivity contribution in [1.82, 2.24) is 40.9 Å². The fourth-order valence-electron chi connectivity index (χ4n) is 11.4. The molecule has 4 N–H and O–H groups in total. The molecule has 6 atom stereocenters. The predicted molar refractivity (Wildman–Crippen MR) is 282 cm³/mol. The average Bonchev–Trinajstić information content (AvgIpc) is 4.01. The molecule has 0 aromatic carbocycles. The van der Waals surface area contributed by atoms with E-state index >= 15 is 0 Å². The number of amides is 6. The SMILES string of the molecule is CN[C@@H](C)C(=O)N[C@H](C(=O)N1CCC[C@H]1CN(CCC1CCCCC1)C(=O)CCCCCCCCC(=O)N(CCC1CCCCC1)C[C@@H]1CCCN1C(=O)[C@@H](NC(=O)[C@H](C)NC)C(C)(C)C)C(C)(C)C. The van der Waals surface area contributed by atoms with Gasteiger partial charge in [0.15, 0.2) is 0 Å². The minimum atomic E-state index is -0.659. The summed E-state index contributed by atoms with van der Waals surface area (Å²) in [6.07, 6.45) is 24.7. The number of unbranched alkanes of at least 4 members (excludes halogenated alkanes) is 5. The summed E-state index contributed by atoms with van der Waals surface area (Å²) in [7, 11) is 3.48. The molecule has 0 spiro atoms. The van der Waals surface area contributed by atoms with Crippen molar-refractivity contribution in [2.45, 2.75) is 246 Å². The highest BCUT2D eigenvalue weighted by molar-refractivity contribution is 5.91. The molecule has 2 saturated carbocycles. The molecular formula is C56H102N8O6. The largest absolute Gasteiger partial charge is 0.342 e. The van der Waals surface area contributed by atoms with Crippen LogP contribution in [0.15, 0.2) is 0 Å². The lowest BCUT2D eigenvalue weighted by atomic mass is 9.85. The molecule has 0 aromatic heterocycles. The number of carbonyl (C=O) groups excluding carboxylic acids is 6. The lowest BCUT2D eigenvalue weighted by molar-refractivity contribution is -0.142. The van der Waals surface area contributed by atoms with E-state index in [1.165, 1.54) is 64.2 Å². The van der Waals surface area contributed by atoms with E-state index in [4.69, 9.17) is 0 Å². The second kappa shape index (κ2) is 29.4. The second-order valence-corrected chi connectivity index (χ2v) is 24.2. The normalized spacial score (nSPS) is 21.2. The second-order valence-electron chi connectivity index (χ2n) is 24.2. The molecule has 4 rings (SSSR count). The molecule has 14 nitrogen and oxygen atoms in total. The Morgan fingerprint density at radius 2 is 0.843 bits per heavy atom. The maximum absolute atomic E-state index is 14.2. The minimum Gasteiger partial charge on any atom is -0.342 e. The Bertz CT molecular complexity index is 1520. The van der Waals surface area contributed by atoms with Crippen LogP contribution in [0.4, 0.5) is 0 Å². The summed E-state index contributed by atoms with van der Waals surface area (Å²) in [4.78, 5) is 90.6. The number of carbonyl (C=O) groups is 6. The first-order valence-corrected chi connectivity index (χ1v) is 28.4. The van der Waals surface area contributed by atoms with Crippen LogP contribution < -0.4 is 21.3 Å². The van der Waals surface area contributed by atoms with Crippen molar-refractivity contribution in [1.29, 1.82) is 0 Å². The van der Waals surface area contributed by atoms with E-state index < -0.39 is 35.0 Å². The van der Waals surface area contributed by atoms with Crippen molar-refractivity contribution >= 4 is 35.4 Å². The Morgan fingerprint density at radius 1 is 0.500 bits per heavy atom. The van der Waals surface area contributed by atoms with E-state index in [2.05, 4.69) is 31.1 Å². The van der Waals surface area contributed by atoms with Gasteiger partial charge in [0.05, 0.1) is 12.1 Å². The topological polar surface area (TPSA) is 163 Å². The van der Waals surface area contributed by atoms with Gasteiger partial charge in [-0.25, -0.2) is 0 Å². The van der Waals surface area contributed by atoms with Gasteiger partial charge in [-0.05, 0) is 102 Å². The fourth-order valence-corrected chi connectivity index (χ4v) is 11.4. The van der Waals surface area contributed by atoms with Crippen LogP contribution in [-0.4, -0.2) is 145 Å². The first-order valence-electron chi connectivity index (χ1n) is 28.4. The number of rotatable bonds is 27. The van der Waals surface area contributed by atoms with E-state index in [-0.39, 0.29) is 47.5 Å². The molecule has 70 heavy (non-hydrogen) atoms. The smallest absolute Gasteiger partial charge is 0.246 e. The van der Waals surface area contributed by atoms with Crippen LogP contribution in [0.1, 0.15) is 209 Å². The molecule has 0 aromatic rings. The zero-order valence-corrected chi connectivity index (χ0v) is 46.1. The lowest BCUT2D eigenvalue weighted by Gasteiger charge is -2.38. The third-order valence-corrected chi connectivity index (χ3v) is 16.4. The van der Waals surface area contributed by atoms with Gasteiger partial charge in [0.1, 0.15) is 12.1 Å². The number of hydrogen-bond acceptors (Lipinski definition) is 8. The Balaban J connectivity index is 1.29. The van der Waals surface area contributed by atoms with E-state index in [9.17, 15) is 28.8 Å². The van der Waals surface area contributed by atoms with Crippen molar-refractivity contribution in [3.63, 3.8) is 0 Å². The van der Waals surface area contributed by atoms with Gasteiger partial charge < -0.3 is 40.9 Å². The highest BCUT2D eigenvalue weighted by atomic mass is 16.2. The molecule has 0 bridgehead atoms. The predicted octanol–water partition coefficient (Wildman–Crippen LogP) is 7.96. The van der Waals surface area contributed by atoms with Gasteiger partial charge in [-0.3, -0.25) is 28.8 Å². The molecule has 2 heterocycles. The van der Waals surface area contributed by atoms with Crippen LogP contribution in [0.3, 0.4) is 0 Å². The highest BCUT2D eigenvalue weighted by Crippen LogP contribution is 2.31. The summed E-state index contributed by atoms with van der Waals surface area (Å²) < 4.78 is 0. The van der Waals surface area contributed by atoms with Crippen LogP contribution >= 0.6 is 0 Å². The van der Waals surface area contributed by atoms with Crippen LogP contribution in [0.25, 0.3) is 0 Å². The number of likely N-dealkylation sites (tertiary alicyclic amines) is 2. The van der Waals surface area contributed by atoms with Crippen molar-refractivity contribution in [3.05, 3.63) is 0 Å². The van der Waals surface area contributed by atoms with Crippen LogP contribution in [0.2, 0.25) is 0 Å². The Kier molecular flexibility index (Phi) is 24.9. The first kappa shape index (κ1) is 59.3. The quantitative estimate of drug-likeness (QED) is 0.0603. The van der Waals surface area contributed by atoms with E-state index in [0.717, 1.165) is 90.1 Å². The summed E-state index contributed by atoms with van der Waals surface area (Å²) in [6.45, 7) is 19.4. The molecule has 2 aliphatic carbocycles. The standard InChI is InChI=1S/C56H102N8O6/c1-41(57-9)51(67)59-49(55(3,4)5)53(69)63-35-23-29-45(63)39-61(37-33-43-25-17-15-18-26-43)47(65)31-21-13-11-12-14-22-32-48(66)62(38-34-44-27-19-16-20-28-44)40-46-30-24-36-64(46)54(70)50(56(6,7)8)60-52(68)42(2)58-10/h41-46,49-50,57-58H,11-40H2,1-10H3,(H,59,67)(H,60,68)/t41-,42-,45-,46-,49+,50+/m0/s1. The van der Waals surface area contributed by atoms with Crippen LogP contribution in [0.5, 0.6) is 0 Å². The Labute approximate surface area is 425 Å². The molecule has 6 amide bonds. The van der Waals surface area contributed by atoms with Gasteiger partial charge in [0.2, 0.25) is 35.4 Å². The molecule has 0 unspecified atom stereocenters. The third-order valence-electron chi connectivity index (χ3n) is 16.4. The average molecular weight is 983 g/mol. The van der Waals surface area contributed by atoms with E-state index in [0.29, 0.717) is 50.9 Å². The summed E-state index contributed by atoms with van der Waals surface area (Å²) in [5.74, 6) is 1.17. The first-order chi connectivity index (χ1) is 33.2. The van der Waals surface area contributed by atoms with Crippen molar-refractivity contribution in [2.24, 2.45) is 22.7 Å². The number of hydrogen-bond donors (Lipinski definition) is 4. The molecule has 14 heteroatoms. The summed E-state index contributed by atoms with van der Waals surface area (Å²) in [5, 5.41) is 12.1. The van der Waals surface area contributed by atoms with Gasteiger partial charge in [-0.2, -0.15) is 0 Å². The number of nitrogens with zero attached hydrogens (tertiary/aromatic N) is 4. The zero-order valence-electron chi connectivity index (χ0n) is 46.1. The van der Waals surface area contributed by atoms with Gasteiger partial charge in [0, 0.05) is 64.2 Å². The maximum Gasteiger partial charge on any atom is 0.246 e. The number of likely N-dealkylation sites (N-methyl/N-ethyl adjacent to an activating group) is 2. The lowest BCUT2D eigenvalue weighted by Crippen LogP contribution is -2.59. The van der Waals surface area contributed by atoms with E-state index in [1.54, 1.807) is 27.9 Å². The summed E-state index contributed by atoms with van der Waals surface area (Å²) in [6, 6.07) is -2.28. The maximum atomic E-state index is 14.2. The molecule has 4 aliphatic rings. The molecule has 2 saturated heterocycles. The number of nitrogens with one attached hydrogen (secondary N) is 4. The highest BCUT2D eigenvalue weighted by Gasteiger charge is 2.42. The monoisotopic (exact) mass is 983 g/mol. The molecule has 0 radical (unpaired) electrons. The summed E-state index contributed by atoms with van der Waals surface area (Å²) in [5.41, 5.74) is -0.947. The van der Waals surface area contributed by atoms with Crippen molar-refractivity contribution in [2.75, 3.05) is 53.4 Å². The van der Waals surface area contributed by atoms with Gasteiger partial charge in [-0.1, -0.05) is 131 Å². The third kappa shape index (κ3) is 19.0. The van der Waals surface area contributed by atoms with Crippen molar-refractivity contribution in [3.8, 4) is 0 Å². The zero-order chi connectivity index (χ0) is 51.4. The van der Waals surface area contributed by atoms with Crippen LogP contribution in [-0.2, 0) is 28.8 Å². The van der Waals surface area contributed by atoms with Gasteiger partial charge in [0.25, 0.3) is 0 Å². The van der Waals surface area contributed by atoms with Gasteiger partial charge >= 0.3 is 0 Å². The minimum absolute atomic E-state index is 0.0552. The van der Waals surface area contributed by atoms with Gasteiger partial charge in [-0.15, -0.1) is 0 Å².